The molecule has 0 saturated heterocycles. The van der Waals surface area contributed by atoms with E-state index in [2.05, 4.69) is 64.3 Å². The van der Waals surface area contributed by atoms with E-state index in [1.54, 1.807) is 0 Å². The van der Waals surface area contributed by atoms with Crippen LogP contribution in [0.5, 0.6) is 5.75 Å². The van der Waals surface area contributed by atoms with Gasteiger partial charge in [-0.15, -0.1) is 0 Å². The first-order valence-electron chi connectivity index (χ1n) is 14.7. The lowest BCUT2D eigenvalue weighted by atomic mass is 10.0. The smallest absolute Gasteiger partial charge is 0.317 e. The zero-order chi connectivity index (χ0) is 26.9. The molecule has 2 atom stereocenters. The van der Waals surface area contributed by atoms with Gasteiger partial charge in [-0.05, 0) is 37.0 Å². The summed E-state index contributed by atoms with van der Waals surface area (Å²) in [7, 11) is 4.35. The lowest BCUT2D eigenvalue weighted by molar-refractivity contribution is -0.906. The number of ether oxygens (including phenoxy) is 2. The Kier molecular flexibility index (Phi) is 14.4. The largest absolute Gasteiger partial charge is 0.455 e. The summed E-state index contributed by atoms with van der Waals surface area (Å²) in [4.78, 5) is 13.1. The Hall–Kier alpha value is -2.33. The van der Waals surface area contributed by atoms with Crippen LogP contribution in [-0.2, 0) is 22.5 Å². The summed E-state index contributed by atoms with van der Waals surface area (Å²) in [5.41, 5.74) is 2.61. The standard InChI is InChI=1S/C33H52NO3/c1-6-9-10-11-12-13-14-16-19-28-22-24-31(25-23-28)36-32(8-3)37-33(35)30(7-2)27-34(4,5)26-29-20-17-15-18-21-29/h15,17-18,20-25,30,32H,6-14,16,19,26-27H2,1-5H3/q+1. The van der Waals surface area contributed by atoms with Crippen molar-refractivity contribution in [2.45, 2.75) is 104 Å². The summed E-state index contributed by atoms with van der Waals surface area (Å²) < 4.78 is 12.6. The molecule has 0 fully saturated rings. The van der Waals surface area contributed by atoms with Crippen LogP contribution in [0.25, 0.3) is 0 Å². The molecule has 0 N–H and O–H groups in total. The molecular formula is C33H52NO3+. The highest BCUT2D eigenvalue weighted by molar-refractivity contribution is 5.72. The fourth-order valence-electron chi connectivity index (χ4n) is 4.88. The molecule has 0 aliphatic carbocycles. The van der Waals surface area contributed by atoms with Crippen LogP contribution in [0.3, 0.4) is 0 Å². The van der Waals surface area contributed by atoms with E-state index in [4.69, 9.17) is 9.47 Å². The molecule has 206 valence electrons. The molecule has 37 heavy (non-hydrogen) atoms. The van der Waals surface area contributed by atoms with Crippen molar-refractivity contribution >= 4 is 5.97 Å². The molecule has 0 amide bonds. The lowest BCUT2D eigenvalue weighted by Crippen LogP contribution is -2.45. The molecular weight excluding hydrogens is 458 g/mol. The monoisotopic (exact) mass is 510 g/mol. The Labute approximate surface area is 227 Å². The van der Waals surface area contributed by atoms with Crippen molar-refractivity contribution in [3.8, 4) is 5.75 Å². The van der Waals surface area contributed by atoms with Crippen LogP contribution < -0.4 is 4.74 Å². The van der Waals surface area contributed by atoms with E-state index >= 15 is 0 Å². The van der Waals surface area contributed by atoms with Gasteiger partial charge in [-0.1, -0.05) is 108 Å². The zero-order valence-corrected chi connectivity index (χ0v) is 24.2. The van der Waals surface area contributed by atoms with Gasteiger partial charge in [-0.25, -0.2) is 0 Å². The number of hydrogen-bond donors (Lipinski definition) is 0. The summed E-state index contributed by atoms with van der Waals surface area (Å²) in [5, 5.41) is 0. The quantitative estimate of drug-likeness (QED) is 0.0824. The Morgan fingerprint density at radius 3 is 1.97 bits per heavy atom. The Morgan fingerprint density at radius 2 is 1.38 bits per heavy atom. The van der Waals surface area contributed by atoms with Gasteiger partial charge in [-0.3, -0.25) is 4.79 Å². The number of rotatable bonds is 19. The molecule has 0 aliphatic heterocycles. The minimum absolute atomic E-state index is 0.162. The molecule has 4 heteroatoms. The number of unbranched alkanes of at least 4 members (excludes halogenated alkanes) is 7. The molecule has 4 nitrogen and oxygen atoms in total. The van der Waals surface area contributed by atoms with E-state index < -0.39 is 6.29 Å². The zero-order valence-electron chi connectivity index (χ0n) is 24.2. The van der Waals surface area contributed by atoms with Crippen LogP contribution in [0.1, 0.15) is 96.1 Å². The third-order valence-electron chi connectivity index (χ3n) is 7.09. The first kappa shape index (κ1) is 30.9. The molecule has 2 aromatic carbocycles. The molecule has 0 aromatic heterocycles. The number of hydrogen-bond acceptors (Lipinski definition) is 3. The van der Waals surface area contributed by atoms with E-state index in [-0.39, 0.29) is 11.9 Å². The highest BCUT2D eigenvalue weighted by Crippen LogP contribution is 2.20. The first-order valence-corrected chi connectivity index (χ1v) is 14.7. The Bertz CT molecular complexity index is 863. The van der Waals surface area contributed by atoms with Crippen LogP contribution in [0.4, 0.5) is 0 Å². The number of esters is 1. The predicted octanol–water partition coefficient (Wildman–Crippen LogP) is 8.33. The van der Waals surface area contributed by atoms with Gasteiger partial charge in [0, 0.05) is 12.0 Å². The molecule has 0 spiro atoms. The number of benzene rings is 2. The molecule has 0 aliphatic rings. The van der Waals surface area contributed by atoms with E-state index in [0.717, 1.165) is 36.2 Å². The third kappa shape index (κ3) is 12.6. The maximum Gasteiger partial charge on any atom is 0.317 e. The van der Waals surface area contributed by atoms with Crippen molar-refractivity contribution in [2.75, 3.05) is 20.6 Å². The maximum atomic E-state index is 13.1. The summed E-state index contributed by atoms with van der Waals surface area (Å²) in [6.45, 7) is 7.92. The van der Waals surface area contributed by atoms with E-state index in [9.17, 15) is 4.79 Å². The number of aryl methyl sites for hydroxylation is 1. The van der Waals surface area contributed by atoms with Crippen molar-refractivity contribution in [1.82, 2.24) is 0 Å². The average Bonchev–Trinajstić information content (AvgIpc) is 2.89. The molecule has 0 bridgehead atoms. The third-order valence-corrected chi connectivity index (χ3v) is 7.09. The van der Waals surface area contributed by atoms with Crippen molar-refractivity contribution in [3.63, 3.8) is 0 Å². The number of carbonyl (C=O) groups is 1. The van der Waals surface area contributed by atoms with E-state index in [0.29, 0.717) is 6.42 Å². The summed E-state index contributed by atoms with van der Waals surface area (Å²) in [5.74, 6) is 0.429. The minimum atomic E-state index is -0.565. The van der Waals surface area contributed by atoms with Gasteiger partial charge in [0.25, 0.3) is 0 Å². The molecule has 2 rings (SSSR count). The van der Waals surface area contributed by atoms with Gasteiger partial charge >= 0.3 is 5.97 Å². The van der Waals surface area contributed by atoms with Crippen LogP contribution in [0.15, 0.2) is 54.6 Å². The second-order valence-corrected chi connectivity index (χ2v) is 11.1. The van der Waals surface area contributed by atoms with Gasteiger partial charge in [0.15, 0.2) is 0 Å². The fraction of sp³-hybridized carbons (Fsp3) is 0.606. The first-order chi connectivity index (χ1) is 17.9. The molecule has 2 unspecified atom stereocenters. The van der Waals surface area contributed by atoms with Crippen molar-refractivity contribution in [2.24, 2.45) is 5.92 Å². The van der Waals surface area contributed by atoms with Gasteiger partial charge in [0.1, 0.15) is 18.2 Å². The molecule has 0 radical (unpaired) electrons. The highest BCUT2D eigenvalue weighted by atomic mass is 16.7. The molecule has 2 aromatic rings. The van der Waals surface area contributed by atoms with Gasteiger partial charge in [0.2, 0.25) is 6.29 Å². The number of nitrogens with zero attached hydrogens (tertiary/aromatic N) is 1. The van der Waals surface area contributed by atoms with Gasteiger partial charge in [-0.2, -0.15) is 0 Å². The van der Waals surface area contributed by atoms with Crippen molar-refractivity contribution in [1.29, 1.82) is 0 Å². The predicted molar refractivity (Wildman–Crippen MR) is 154 cm³/mol. The van der Waals surface area contributed by atoms with Crippen LogP contribution in [0, 0.1) is 5.92 Å². The van der Waals surface area contributed by atoms with Crippen LogP contribution in [0.2, 0.25) is 0 Å². The molecule has 0 saturated carbocycles. The van der Waals surface area contributed by atoms with E-state index in [1.807, 2.05) is 25.1 Å². The van der Waals surface area contributed by atoms with Crippen molar-refractivity contribution < 1.29 is 18.8 Å². The maximum absolute atomic E-state index is 13.1. The minimum Gasteiger partial charge on any atom is -0.455 e. The van der Waals surface area contributed by atoms with E-state index in [1.165, 1.54) is 62.5 Å². The Balaban J connectivity index is 1.78. The SMILES string of the molecule is CCCCCCCCCCc1ccc(OC(CC)OC(=O)C(CC)C[N+](C)(C)Cc2ccccc2)cc1. The summed E-state index contributed by atoms with van der Waals surface area (Å²) in [6, 6.07) is 18.7. The van der Waals surface area contributed by atoms with Crippen LogP contribution >= 0.6 is 0 Å². The fourth-order valence-corrected chi connectivity index (χ4v) is 4.88. The second kappa shape index (κ2) is 17.2. The number of quaternary nitrogens is 1. The Morgan fingerprint density at radius 1 is 0.757 bits per heavy atom. The van der Waals surface area contributed by atoms with Gasteiger partial charge < -0.3 is 14.0 Å². The normalized spacial score (nSPS) is 13.2. The summed E-state index contributed by atoms with van der Waals surface area (Å²) in [6.07, 6.45) is 12.6. The van der Waals surface area contributed by atoms with Crippen molar-refractivity contribution in [3.05, 3.63) is 65.7 Å². The highest BCUT2D eigenvalue weighted by Gasteiger charge is 2.29. The number of carbonyl (C=O) groups excluding carboxylic acids is 1. The topological polar surface area (TPSA) is 35.5 Å². The second-order valence-electron chi connectivity index (χ2n) is 11.1. The molecule has 0 heterocycles. The lowest BCUT2D eigenvalue weighted by Gasteiger charge is -2.33. The summed E-state index contributed by atoms with van der Waals surface area (Å²) >= 11 is 0. The van der Waals surface area contributed by atoms with Gasteiger partial charge in [0.05, 0.1) is 20.6 Å². The van der Waals surface area contributed by atoms with Crippen LogP contribution in [-0.4, -0.2) is 37.4 Å². The average molecular weight is 511 g/mol.